The van der Waals surface area contributed by atoms with Gasteiger partial charge < -0.3 is 4.57 Å². The normalized spacial score (nSPS) is 16.1. The molecule has 140 valence electrons. The van der Waals surface area contributed by atoms with Crippen LogP contribution in [0.2, 0.25) is 5.02 Å². The second-order valence-electron chi connectivity index (χ2n) is 6.54. The summed E-state index contributed by atoms with van der Waals surface area (Å²) in [7, 11) is 1.54. The summed E-state index contributed by atoms with van der Waals surface area (Å²) in [6, 6.07) is 15.5. The topological polar surface area (TPSA) is 54.3 Å². The lowest BCUT2D eigenvalue weighted by Gasteiger charge is -2.24. The van der Waals surface area contributed by atoms with E-state index in [1.54, 1.807) is 13.1 Å². The van der Waals surface area contributed by atoms with E-state index in [4.69, 9.17) is 23.8 Å². The molecule has 0 spiro atoms. The predicted molar refractivity (Wildman–Crippen MR) is 114 cm³/mol. The van der Waals surface area contributed by atoms with Crippen molar-refractivity contribution in [1.82, 2.24) is 14.8 Å². The first-order valence-corrected chi connectivity index (χ1v) is 9.40. The van der Waals surface area contributed by atoms with Gasteiger partial charge in [0.15, 0.2) is 5.11 Å². The predicted octanol–water partition coefficient (Wildman–Crippen LogP) is 3.60. The van der Waals surface area contributed by atoms with Gasteiger partial charge in [0.2, 0.25) is 0 Å². The van der Waals surface area contributed by atoms with Crippen molar-refractivity contribution in [2.24, 2.45) is 0 Å². The summed E-state index contributed by atoms with van der Waals surface area (Å²) in [5.41, 5.74) is 2.97. The maximum absolute atomic E-state index is 12.5. The Labute approximate surface area is 172 Å². The van der Waals surface area contributed by atoms with Crippen LogP contribution in [0.4, 0.5) is 0 Å². The Morgan fingerprint density at radius 2 is 1.82 bits per heavy atom. The fourth-order valence-electron chi connectivity index (χ4n) is 3.21. The summed E-state index contributed by atoms with van der Waals surface area (Å²) in [5.74, 6) is -0.897. The summed E-state index contributed by atoms with van der Waals surface area (Å²) in [4.78, 5) is 26.1. The number of hydrogen-bond acceptors (Lipinski definition) is 3. The average Bonchev–Trinajstić information content (AvgIpc) is 3.03. The number of aromatic nitrogens is 1. The van der Waals surface area contributed by atoms with E-state index in [1.165, 1.54) is 4.90 Å². The molecular formula is C21H16ClN3O2S. The lowest BCUT2D eigenvalue weighted by Crippen LogP contribution is -2.52. The first-order valence-electron chi connectivity index (χ1n) is 8.61. The smallest absolute Gasteiger partial charge is 0.265 e. The monoisotopic (exact) mass is 409 g/mol. The van der Waals surface area contributed by atoms with Gasteiger partial charge in [-0.2, -0.15) is 0 Å². The fraction of sp³-hybridized carbons (Fsp3) is 0.0952. The molecule has 28 heavy (non-hydrogen) atoms. The van der Waals surface area contributed by atoms with Gasteiger partial charge in [-0.05, 0) is 42.1 Å². The minimum atomic E-state index is -0.484. The van der Waals surface area contributed by atoms with Crippen LogP contribution in [0.5, 0.6) is 0 Å². The minimum absolute atomic E-state index is 0.0606. The standard InChI is InChI=1S/C21H16ClN3O2S/c1-24-20(27)17(19(26)23-21(24)28)10-14-12-25(18-5-3-2-4-16(14)18)11-13-6-8-15(22)9-7-13/h2-10,12H,11H2,1H3,(H,23,26,28)/b17-10+. The maximum Gasteiger partial charge on any atom is 0.265 e. The quantitative estimate of drug-likeness (QED) is 0.408. The molecule has 4 rings (SSSR count). The van der Waals surface area contributed by atoms with Gasteiger partial charge >= 0.3 is 0 Å². The van der Waals surface area contributed by atoms with E-state index in [0.29, 0.717) is 11.6 Å². The molecule has 0 atom stereocenters. The number of amides is 2. The number of nitrogens with one attached hydrogen (secondary N) is 1. The van der Waals surface area contributed by atoms with Gasteiger partial charge in [0, 0.05) is 41.3 Å². The van der Waals surface area contributed by atoms with E-state index in [2.05, 4.69) is 9.88 Å². The average molecular weight is 410 g/mol. The van der Waals surface area contributed by atoms with Gasteiger partial charge in [0.25, 0.3) is 11.8 Å². The van der Waals surface area contributed by atoms with Crippen LogP contribution in [0.25, 0.3) is 17.0 Å². The second-order valence-corrected chi connectivity index (χ2v) is 7.36. The Bertz CT molecular complexity index is 1150. The molecule has 7 heteroatoms. The Hall–Kier alpha value is -2.96. The zero-order chi connectivity index (χ0) is 19.8. The van der Waals surface area contributed by atoms with E-state index in [0.717, 1.165) is 22.0 Å². The zero-order valence-electron chi connectivity index (χ0n) is 15.0. The highest BCUT2D eigenvalue weighted by Gasteiger charge is 2.31. The molecule has 0 radical (unpaired) electrons. The van der Waals surface area contributed by atoms with Crippen LogP contribution in [0.15, 0.2) is 60.3 Å². The van der Waals surface area contributed by atoms with Crippen LogP contribution < -0.4 is 5.32 Å². The largest absolute Gasteiger partial charge is 0.342 e. The van der Waals surface area contributed by atoms with Gasteiger partial charge in [-0.15, -0.1) is 0 Å². The van der Waals surface area contributed by atoms with Crippen molar-refractivity contribution in [3.8, 4) is 0 Å². The van der Waals surface area contributed by atoms with Crippen LogP contribution in [0, 0.1) is 0 Å². The van der Waals surface area contributed by atoms with Crippen LogP contribution in [0.1, 0.15) is 11.1 Å². The number of carbonyl (C=O) groups is 2. The molecule has 0 saturated carbocycles. The molecule has 1 N–H and O–H groups in total. The van der Waals surface area contributed by atoms with Crippen molar-refractivity contribution in [3.63, 3.8) is 0 Å². The van der Waals surface area contributed by atoms with Gasteiger partial charge in [0.1, 0.15) is 5.57 Å². The molecule has 2 heterocycles. The summed E-state index contributed by atoms with van der Waals surface area (Å²) >= 11 is 11.0. The van der Waals surface area contributed by atoms with E-state index >= 15 is 0 Å². The molecule has 1 saturated heterocycles. The first-order chi connectivity index (χ1) is 13.4. The number of benzene rings is 2. The molecule has 0 unspecified atom stereocenters. The Kier molecular flexibility index (Phi) is 4.75. The van der Waals surface area contributed by atoms with E-state index in [1.807, 2.05) is 54.7 Å². The van der Waals surface area contributed by atoms with Crippen LogP contribution in [0.3, 0.4) is 0 Å². The van der Waals surface area contributed by atoms with E-state index in [9.17, 15) is 9.59 Å². The molecule has 2 amide bonds. The molecule has 0 aliphatic carbocycles. The van der Waals surface area contributed by atoms with Crippen molar-refractivity contribution in [2.45, 2.75) is 6.54 Å². The SMILES string of the molecule is CN1C(=O)/C(=C/c2cn(Cc3ccc(Cl)cc3)c3ccccc23)C(=O)NC1=S. The Morgan fingerprint density at radius 1 is 1.11 bits per heavy atom. The Balaban J connectivity index is 1.78. The highest BCUT2D eigenvalue weighted by molar-refractivity contribution is 7.80. The summed E-state index contributed by atoms with van der Waals surface area (Å²) in [6.45, 7) is 0.644. The van der Waals surface area contributed by atoms with E-state index in [-0.39, 0.29) is 10.7 Å². The zero-order valence-corrected chi connectivity index (χ0v) is 16.6. The highest BCUT2D eigenvalue weighted by Crippen LogP contribution is 2.26. The number of carbonyl (C=O) groups excluding carboxylic acids is 2. The van der Waals surface area contributed by atoms with Crippen molar-refractivity contribution in [1.29, 1.82) is 0 Å². The third kappa shape index (κ3) is 3.32. The van der Waals surface area contributed by atoms with Crippen molar-refractivity contribution >= 4 is 57.7 Å². The van der Waals surface area contributed by atoms with Crippen molar-refractivity contribution in [3.05, 3.63) is 76.5 Å². The third-order valence-corrected chi connectivity index (χ3v) is 5.32. The lowest BCUT2D eigenvalue weighted by molar-refractivity contribution is -0.128. The number of hydrogen-bond donors (Lipinski definition) is 1. The fourth-order valence-corrected chi connectivity index (χ4v) is 3.51. The molecule has 1 aromatic heterocycles. The van der Waals surface area contributed by atoms with Crippen molar-refractivity contribution < 1.29 is 9.59 Å². The molecule has 1 aliphatic rings. The molecule has 1 aliphatic heterocycles. The van der Waals surface area contributed by atoms with E-state index < -0.39 is 11.8 Å². The summed E-state index contributed by atoms with van der Waals surface area (Å²) in [5, 5.41) is 4.30. The van der Waals surface area contributed by atoms with Gasteiger partial charge in [-0.3, -0.25) is 19.8 Å². The van der Waals surface area contributed by atoms with Crippen LogP contribution in [-0.4, -0.2) is 33.4 Å². The van der Waals surface area contributed by atoms with Crippen LogP contribution >= 0.6 is 23.8 Å². The number of fused-ring (bicyclic) bond motifs is 1. The van der Waals surface area contributed by atoms with Gasteiger partial charge in [-0.25, -0.2) is 0 Å². The van der Waals surface area contributed by atoms with Crippen LogP contribution in [-0.2, 0) is 16.1 Å². The maximum atomic E-state index is 12.5. The minimum Gasteiger partial charge on any atom is -0.342 e. The first kappa shape index (κ1) is 18.4. The molecule has 3 aromatic rings. The molecule has 2 aromatic carbocycles. The number of nitrogens with zero attached hydrogens (tertiary/aromatic N) is 2. The number of para-hydroxylation sites is 1. The van der Waals surface area contributed by atoms with Gasteiger partial charge in [0.05, 0.1) is 0 Å². The molecule has 5 nitrogen and oxygen atoms in total. The second kappa shape index (κ2) is 7.22. The number of thiocarbonyl (C=S) groups is 1. The molecular weight excluding hydrogens is 394 g/mol. The summed E-state index contributed by atoms with van der Waals surface area (Å²) < 4.78 is 2.09. The summed E-state index contributed by atoms with van der Waals surface area (Å²) in [6.07, 6.45) is 3.57. The number of rotatable bonds is 3. The number of likely N-dealkylation sites (N-methyl/N-ethyl adjacent to an activating group) is 1. The lowest BCUT2D eigenvalue weighted by atomic mass is 10.1. The van der Waals surface area contributed by atoms with Crippen molar-refractivity contribution in [2.75, 3.05) is 7.05 Å². The number of halogens is 1. The molecule has 0 bridgehead atoms. The van der Waals surface area contributed by atoms with Gasteiger partial charge in [-0.1, -0.05) is 41.9 Å². The highest BCUT2D eigenvalue weighted by atomic mass is 35.5. The third-order valence-electron chi connectivity index (χ3n) is 4.69. The Morgan fingerprint density at radius 3 is 2.57 bits per heavy atom. The molecule has 1 fully saturated rings.